The number of anilines is 1. The number of carbonyl (C=O) groups excluding carboxylic acids is 17. The van der Waals surface area contributed by atoms with E-state index in [1.807, 2.05) is 0 Å². The van der Waals surface area contributed by atoms with E-state index in [1.165, 1.54) is 96.9 Å². The monoisotopic (exact) mass is 2000 g/mol. The summed E-state index contributed by atoms with van der Waals surface area (Å²) < 4.78 is 43.0. The lowest BCUT2D eigenvalue weighted by Gasteiger charge is -2.67. The number of rotatable bonds is 37. The second-order valence-corrected chi connectivity index (χ2v) is 37.4. The number of benzene rings is 5. The Hall–Kier alpha value is -14.8. The summed E-state index contributed by atoms with van der Waals surface area (Å²) in [4.78, 5) is 253. The van der Waals surface area contributed by atoms with Gasteiger partial charge >= 0.3 is 42.0 Å². The molecule has 4 saturated heterocycles. The number of carboxylic acid groups (broad SMARTS) is 1. The Kier molecular flexibility index (Phi) is 36.7. The maximum Gasteiger partial charge on any atom is 0.410 e. The average Bonchev–Trinajstić information content (AvgIpc) is 0.665. The molecule has 7 aliphatic rings. The Bertz CT molecular complexity index is 5640. The van der Waals surface area contributed by atoms with Gasteiger partial charge in [-0.25, -0.2) is 19.2 Å². The number of fused-ring (bicyclic) bond motifs is 19. The van der Waals surface area contributed by atoms with E-state index in [0.717, 1.165) is 29.2 Å². The van der Waals surface area contributed by atoms with Crippen molar-refractivity contribution in [3.8, 4) is 0 Å². The van der Waals surface area contributed by atoms with Crippen molar-refractivity contribution in [3.63, 3.8) is 0 Å². The Balaban J connectivity index is 0.655. The van der Waals surface area contributed by atoms with Crippen molar-refractivity contribution in [2.75, 3.05) is 65.3 Å². The second kappa shape index (κ2) is 48.3. The highest BCUT2D eigenvalue weighted by atomic mass is 16.6. The number of aliphatic hydroxyl groups excluding tert-OH is 1. The number of esters is 4. The van der Waals surface area contributed by atoms with Crippen molar-refractivity contribution >= 4 is 119 Å². The third-order valence-corrected chi connectivity index (χ3v) is 26.9. The van der Waals surface area contributed by atoms with Gasteiger partial charge in [-0.15, -0.1) is 0 Å². The second-order valence-electron chi connectivity index (χ2n) is 37.4. The van der Waals surface area contributed by atoms with Crippen molar-refractivity contribution < 1.29 is 135 Å². The molecule has 6 fully saturated rings. The number of carbonyl (C=O) groups is 18. The maximum absolute atomic E-state index is 16.0. The number of ether oxygens (including phenoxy) is 7. The molecule has 4 aliphatic heterocycles. The van der Waals surface area contributed by atoms with E-state index in [9.17, 15) is 92.0 Å². The lowest BCUT2D eigenvalue weighted by atomic mass is 9.44. The van der Waals surface area contributed by atoms with Gasteiger partial charge in [-0.3, -0.25) is 72.5 Å². The molecule has 0 aromatic heterocycles. The molecule has 144 heavy (non-hydrogen) atoms. The standard InChI is InChI=1S/C99H125N17O28/c1-53-70(46-99(137)82(143-91(133)63-27-18-13-19-28-63)80-97(8,71(119)45-72-98(80,52-139-72)144-57(5)118)81(124)78(140-56(4)117)76(53)96(99,6)7)141-92(134)79(77(61-23-14-11-15-24-61)113-85(127)62-25-16-12-17-26-62)142-95(136)115(10)42-41-114(9)94(135)138-51-60-35-37-64(38-36-60)109-84(126)55(3)107-83(125)54(2)108-86(128)65(100)29-20-21-39-103-47-58-31-33-59(34-32-58)50-116-69-48-105-88(130)67(44-75(122)123)111-74(121)49-106-87(129)66(30-22-40-104-93(101)102)110-73(120)43-68(90(116)132)112-89(69)131/h11-19,23-28,31-38,54-55,65-72,77-80,82,103,119,137H,20-22,29-30,39-52,100H2,1-10H3,(H,105,130)(H,106,129)(H,107,125)(H,108,128)(H,109,126)(H,110,120)(H,111,121)(H,112,131)(H,113,127)(H,122,123)(H4,101,102,104)/t54-,55-,65-,66-,67-,68+,69-,70-,71-,72+,77-,78+,79+,80-,82-,97+,98-,99+/m0/s1. The van der Waals surface area contributed by atoms with Crippen molar-refractivity contribution in [1.82, 2.24) is 67.9 Å². The molecular formula is C99H125N17O28. The highest BCUT2D eigenvalue weighted by Crippen LogP contribution is 2.65. The Morgan fingerprint density at radius 3 is 1.90 bits per heavy atom. The van der Waals surface area contributed by atoms with Crippen LogP contribution in [0.2, 0.25) is 0 Å². The van der Waals surface area contributed by atoms with Crippen molar-refractivity contribution in [3.05, 3.63) is 184 Å². The molecule has 5 aromatic carbocycles. The van der Waals surface area contributed by atoms with Crippen LogP contribution in [0.5, 0.6) is 0 Å². The molecule has 3 aliphatic carbocycles. The molecule has 774 valence electrons. The van der Waals surface area contributed by atoms with E-state index in [2.05, 4.69) is 58.5 Å². The minimum absolute atomic E-state index is 0.0163. The molecule has 12 rings (SSSR count). The minimum atomic E-state index is -2.59. The molecule has 18 atom stereocenters. The number of likely N-dealkylation sites (N-methyl/N-ethyl adjacent to an activating group) is 2. The number of unbranched alkanes of at least 4 members (excludes halogenated alkanes) is 1. The molecule has 0 radical (unpaired) electrons. The van der Waals surface area contributed by atoms with E-state index < -0.39 is 259 Å². The molecular weight excluding hydrogens is 1880 g/mol. The van der Waals surface area contributed by atoms with Crippen LogP contribution < -0.4 is 70.0 Å². The maximum atomic E-state index is 16.0. The zero-order valence-corrected chi connectivity index (χ0v) is 81.4. The molecule has 12 amide bonds. The number of nitrogens with one attached hydrogen (secondary N) is 12. The van der Waals surface area contributed by atoms with Crippen LogP contribution in [0.25, 0.3) is 0 Å². The third-order valence-electron chi connectivity index (χ3n) is 26.9. The van der Waals surface area contributed by atoms with Crippen LogP contribution in [0.1, 0.15) is 162 Å². The van der Waals surface area contributed by atoms with Gasteiger partial charge in [-0.05, 0) is 130 Å². The number of ketones is 1. The summed E-state index contributed by atoms with van der Waals surface area (Å²) in [7, 11) is 2.69. The quantitative estimate of drug-likeness (QED) is 0.00498. The van der Waals surface area contributed by atoms with E-state index in [4.69, 9.17) is 50.0 Å². The highest BCUT2D eigenvalue weighted by molar-refractivity contribution is 6.03. The first kappa shape index (κ1) is 110. The van der Waals surface area contributed by atoms with Gasteiger partial charge in [0, 0.05) is 96.7 Å². The zero-order valence-electron chi connectivity index (χ0n) is 81.4. The number of carboxylic acids is 1. The number of piperazine rings is 1. The summed E-state index contributed by atoms with van der Waals surface area (Å²) in [6.07, 6.45) is -13.7. The van der Waals surface area contributed by atoms with Crippen LogP contribution in [0, 0.1) is 22.2 Å². The smallest absolute Gasteiger partial charge is 0.410 e. The van der Waals surface area contributed by atoms with Gasteiger partial charge in [-0.2, -0.15) is 0 Å². The van der Waals surface area contributed by atoms with Gasteiger partial charge in [-0.1, -0.05) is 123 Å². The molecule has 4 heterocycles. The fourth-order valence-corrected chi connectivity index (χ4v) is 18.7. The molecule has 0 spiro atoms. The average molecular weight is 2000 g/mol. The van der Waals surface area contributed by atoms with Crippen LogP contribution in [0.3, 0.4) is 0 Å². The fraction of sp³-hybridized carbons (Fsp3) is 0.485. The SMILES string of the molecule is CC(=O)O[C@H]1C(=O)[C@@]2(C)[C@H]([C@H](OC(=O)c3ccccc3)[C@]3(O)C[C@H](OC(=O)[C@H](OC(=O)N(C)CCN(C)C(=O)OCc4ccc(NC(=O)[C@H](C)NC(=O)[C@H](C)NC(=O)[C@@H](N)CCCCNCc5ccc(CN6C(=O)[C@H]7CC(=O)N[C@@H](CCCNC(=N)N)C(=O)NCC(=O)N[C@@H](CC(=O)O)C(=O)NC[C@H]6C(=O)N7)cc5)cc4)[C@@H](NC(=O)c4ccccc4)c4ccccc4)C(C)=C1C3(C)C)[C@]1(OC(C)=O)CO[C@@H]1C[C@@H]2O. The topological polar surface area (TPSA) is 650 Å². The van der Waals surface area contributed by atoms with Gasteiger partial charge in [0.05, 0.1) is 55.0 Å². The molecule has 0 unspecified atom stereocenters. The Morgan fingerprint density at radius 2 is 1.28 bits per heavy atom. The number of nitrogens with zero attached hydrogens (tertiary/aromatic N) is 3. The first-order chi connectivity index (χ1) is 68.2. The molecule has 45 nitrogen and oxygen atoms in total. The molecule has 5 aromatic rings. The Morgan fingerprint density at radius 1 is 0.674 bits per heavy atom. The van der Waals surface area contributed by atoms with Gasteiger partial charge in [0.1, 0.15) is 72.8 Å². The number of aliphatic hydroxyl groups is 2. The number of amides is 12. The lowest BCUT2D eigenvalue weighted by molar-refractivity contribution is -0.346. The summed E-state index contributed by atoms with van der Waals surface area (Å²) in [6, 6.07) is 26.0. The number of hydrogen-bond donors (Lipinski definition) is 17. The first-order valence-electron chi connectivity index (χ1n) is 47.2. The predicted molar refractivity (Wildman–Crippen MR) is 510 cm³/mol. The van der Waals surface area contributed by atoms with Crippen LogP contribution >= 0.6 is 0 Å². The van der Waals surface area contributed by atoms with Crippen molar-refractivity contribution in [1.29, 1.82) is 5.41 Å². The largest absolute Gasteiger partial charge is 0.481 e. The Labute approximate surface area is 829 Å². The minimum Gasteiger partial charge on any atom is -0.481 e. The van der Waals surface area contributed by atoms with Gasteiger partial charge in [0.25, 0.3) is 5.91 Å². The molecule has 19 N–H and O–H groups in total. The van der Waals surface area contributed by atoms with Crippen molar-refractivity contribution in [2.45, 2.75) is 229 Å². The van der Waals surface area contributed by atoms with Crippen LogP contribution in [-0.2, 0) is 120 Å². The van der Waals surface area contributed by atoms with E-state index >= 15 is 9.59 Å². The summed E-state index contributed by atoms with van der Waals surface area (Å²) in [5, 5.41) is 72.3. The number of nitrogens with two attached hydrogens (primary N) is 2. The van der Waals surface area contributed by atoms with Crippen LogP contribution in [-0.4, -0.2) is 293 Å². The summed E-state index contributed by atoms with van der Waals surface area (Å²) in [5.41, 5.74) is 5.45. The van der Waals surface area contributed by atoms with E-state index in [1.54, 1.807) is 103 Å². The van der Waals surface area contributed by atoms with Crippen LogP contribution in [0.15, 0.2) is 151 Å². The molecule has 45 heteroatoms. The number of Topliss-reactive ketones (excluding diaryl/α,β-unsaturated/α-hetero) is 1. The lowest BCUT2D eigenvalue weighted by Crippen LogP contribution is -2.82. The van der Waals surface area contributed by atoms with E-state index in [-0.39, 0.29) is 92.3 Å². The summed E-state index contributed by atoms with van der Waals surface area (Å²) >= 11 is 0. The third kappa shape index (κ3) is 26.5. The zero-order chi connectivity index (χ0) is 105. The normalized spacial score (nSPS) is 24.5. The summed E-state index contributed by atoms with van der Waals surface area (Å²) in [6.45, 7) is 9.24. The number of hydrogen-bond acceptors (Lipinski definition) is 30. The highest BCUT2D eigenvalue weighted by Gasteiger charge is 2.79. The molecule has 2 saturated carbocycles. The van der Waals surface area contributed by atoms with Gasteiger partial charge in [0.2, 0.25) is 59.3 Å². The number of aliphatic carboxylic acids is 1. The predicted octanol–water partition coefficient (Wildman–Crippen LogP) is 0.855. The first-order valence-corrected chi connectivity index (χ1v) is 47.2. The van der Waals surface area contributed by atoms with E-state index in [0.29, 0.717) is 42.7 Å². The van der Waals surface area contributed by atoms with Gasteiger partial charge in [0.15, 0.2) is 23.4 Å². The van der Waals surface area contributed by atoms with Crippen molar-refractivity contribution in [2.24, 2.45) is 28.2 Å². The summed E-state index contributed by atoms with van der Waals surface area (Å²) in [5.74, 6) is -16.4. The van der Waals surface area contributed by atoms with Gasteiger partial charge < -0.3 is 133 Å². The van der Waals surface area contributed by atoms with Crippen LogP contribution in [0.4, 0.5) is 15.3 Å². The number of guanidine groups is 1. The fourth-order valence-electron chi connectivity index (χ4n) is 18.7. The molecule has 4 bridgehead atoms.